The molecule has 2 heterocycles. The van der Waals surface area contributed by atoms with Gasteiger partial charge >= 0.3 is 0 Å². The molecule has 0 aromatic heterocycles. The Labute approximate surface area is 179 Å². The molecule has 0 aliphatic carbocycles. The molecule has 2 fully saturated rings. The molecule has 158 valence electrons. The molecule has 9 heteroatoms. The molecule has 6 nitrogen and oxygen atoms in total. The lowest BCUT2D eigenvalue weighted by atomic mass is 10.1. The van der Waals surface area contributed by atoms with Crippen LogP contribution in [0.3, 0.4) is 0 Å². The monoisotopic (exact) mass is 448 g/mol. The summed E-state index contributed by atoms with van der Waals surface area (Å²) in [6, 6.07) is 11.5. The Balaban J connectivity index is 1.62. The van der Waals surface area contributed by atoms with Crippen molar-refractivity contribution in [3.05, 3.63) is 59.4 Å². The van der Waals surface area contributed by atoms with Gasteiger partial charge in [0, 0.05) is 10.9 Å². The van der Waals surface area contributed by atoms with Crippen molar-refractivity contribution in [1.29, 1.82) is 0 Å². The van der Waals surface area contributed by atoms with Crippen LogP contribution >= 0.6 is 11.8 Å². The number of hydrogen-bond acceptors (Lipinski definition) is 5. The molecule has 1 amide bonds. The van der Waals surface area contributed by atoms with E-state index in [1.165, 1.54) is 17.8 Å². The zero-order valence-electron chi connectivity index (χ0n) is 16.5. The summed E-state index contributed by atoms with van der Waals surface area (Å²) in [5, 5.41) is 0.188. The van der Waals surface area contributed by atoms with Crippen molar-refractivity contribution in [2.75, 3.05) is 23.5 Å². The van der Waals surface area contributed by atoms with E-state index in [9.17, 15) is 17.6 Å². The van der Waals surface area contributed by atoms with Gasteiger partial charge in [0.05, 0.1) is 31.1 Å². The van der Waals surface area contributed by atoms with Crippen molar-refractivity contribution < 1.29 is 22.3 Å². The molecular formula is C21H21FN2O4S2. The Morgan fingerprint density at radius 1 is 1.23 bits per heavy atom. The van der Waals surface area contributed by atoms with Gasteiger partial charge in [-0.05, 0) is 42.3 Å². The standard InChI is InChI=1S/C21H21FN2O4S2/c1-13-3-6-15(10-17(13)22)24-18-11-30(26,27)12-19(18)29-21(24)23-20(25)9-14-4-7-16(28-2)8-5-14/h3-8,10,18-19H,9,11-12H2,1-2H3/t18-,19-/m0/s1. The summed E-state index contributed by atoms with van der Waals surface area (Å²) in [6.07, 6.45) is 0.109. The van der Waals surface area contributed by atoms with Crippen LogP contribution in [0.4, 0.5) is 10.1 Å². The Bertz CT molecular complexity index is 1120. The fraction of sp³-hybridized carbons (Fsp3) is 0.333. The van der Waals surface area contributed by atoms with E-state index in [1.54, 1.807) is 55.3 Å². The van der Waals surface area contributed by atoms with E-state index in [-0.39, 0.29) is 40.9 Å². The van der Waals surface area contributed by atoms with Crippen molar-refractivity contribution in [2.45, 2.75) is 24.6 Å². The van der Waals surface area contributed by atoms with Crippen LogP contribution < -0.4 is 9.64 Å². The predicted octanol–water partition coefficient (Wildman–Crippen LogP) is 2.99. The number of methoxy groups -OCH3 is 1. The summed E-state index contributed by atoms with van der Waals surface area (Å²) < 4.78 is 43.6. The molecule has 2 aromatic carbocycles. The van der Waals surface area contributed by atoms with Crippen molar-refractivity contribution in [3.63, 3.8) is 0 Å². The Kier molecular flexibility index (Phi) is 5.59. The highest BCUT2D eigenvalue weighted by molar-refractivity contribution is 8.16. The van der Waals surface area contributed by atoms with E-state index >= 15 is 0 Å². The lowest BCUT2D eigenvalue weighted by Crippen LogP contribution is -2.37. The first-order chi connectivity index (χ1) is 14.3. The number of anilines is 1. The minimum Gasteiger partial charge on any atom is -0.497 e. The second-order valence-electron chi connectivity index (χ2n) is 7.42. The van der Waals surface area contributed by atoms with Gasteiger partial charge in [-0.1, -0.05) is 30.0 Å². The van der Waals surface area contributed by atoms with Crippen LogP contribution in [-0.2, 0) is 21.1 Å². The highest BCUT2D eigenvalue weighted by Crippen LogP contribution is 2.41. The van der Waals surface area contributed by atoms with Crippen molar-refractivity contribution in [3.8, 4) is 5.75 Å². The summed E-state index contributed by atoms with van der Waals surface area (Å²) >= 11 is 1.27. The number of carbonyl (C=O) groups is 1. The van der Waals surface area contributed by atoms with Crippen LogP contribution in [0.2, 0.25) is 0 Å². The Morgan fingerprint density at radius 3 is 2.63 bits per heavy atom. The SMILES string of the molecule is COc1ccc(CC(=O)N=C2S[C@H]3CS(=O)(=O)C[C@@H]3N2c2ccc(C)c(F)c2)cc1. The van der Waals surface area contributed by atoms with Gasteiger partial charge in [-0.2, -0.15) is 4.99 Å². The number of benzene rings is 2. The molecular weight excluding hydrogens is 427 g/mol. The van der Waals surface area contributed by atoms with Gasteiger partial charge < -0.3 is 9.64 Å². The van der Waals surface area contributed by atoms with Gasteiger partial charge in [0.1, 0.15) is 11.6 Å². The third-order valence-corrected chi connectivity index (χ3v) is 8.44. The zero-order chi connectivity index (χ0) is 21.5. The van der Waals surface area contributed by atoms with Crippen LogP contribution in [-0.4, -0.2) is 49.4 Å². The van der Waals surface area contributed by atoms with Gasteiger partial charge in [0.15, 0.2) is 15.0 Å². The van der Waals surface area contributed by atoms with E-state index in [0.717, 1.165) is 5.56 Å². The van der Waals surface area contributed by atoms with Crippen molar-refractivity contribution in [1.82, 2.24) is 0 Å². The van der Waals surface area contributed by atoms with Gasteiger partial charge in [-0.3, -0.25) is 4.79 Å². The summed E-state index contributed by atoms with van der Waals surface area (Å²) in [5.41, 5.74) is 1.80. The van der Waals surface area contributed by atoms with Gasteiger partial charge in [0.2, 0.25) is 0 Å². The lowest BCUT2D eigenvalue weighted by molar-refractivity contribution is -0.117. The molecule has 0 spiro atoms. The highest BCUT2D eigenvalue weighted by atomic mass is 32.2. The van der Waals surface area contributed by atoms with Crippen LogP contribution in [0.5, 0.6) is 5.75 Å². The molecule has 0 unspecified atom stereocenters. The number of nitrogens with zero attached hydrogens (tertiary/aromatic N) is 2. The summed E-state index contributed by atoms with van der Waals surface area (Å²) in [6.45, 7) is 1.66. The molecule has 2 saturated heterocycles. The van der Waals surface area contributed by atoms with E-state index in [1.807, 2.05) is 0 Å². The number of aliphatic imine (C=N–C) groups is 1. The first-order valence-electron chi connectivity index (χ1n) is 9.42. The Hall–Kier alpha value is -2.39. The highest BCUT2D eigenvalue weighted by Gasteiger charge is 2.49. The average molecular weight is 449 g/mol. The largest absolute Gasteiger partial charge is 0.497 e. The van der Waals surface area contributed by atoms with Gasteiger partial charge in [0.25, 0.3) is 5.91 Å². The maximum absolute atomic E-state index is 14.2. The third kappa shape index (κ3) is 4.22. The van der Waals surface area contributed by atoms with Gasteiger partial charge in [-0.25, -0.2) is 12.8 Å². The number of ether oxygens (including phenoxy) is 1. The van der Waals surface area contributed by atoms with Gasteiger partial charge in [-0.15, -0.1) is 0 Å². The molecule has 0 bridgehead atoms. The van der Waals surface area contributed by atoms with E-state index in [0.29, 0.717) is 22.2 Å². The van der Waals surface area contributed by atoms with Crippen molar-refractivity contribution in [2.24, 2.45) is 4.99 Å². The van der Waals surface area contributed by atoms with Crippen LogP contribution in [0, 0.1) is 12.7 Å². The average Bonchev–Trinajstić information content (AvgIpc) is 3.15. The first kappa shape index (κ1) is 20.9. The molecule has 0 N–H and O–H groups in total. The predicted molar refractivity (Wildman–Crippen MR) is 117 cm³/mol. The quantitative estimate of drug-likeness (QED) is 0.716. The molecule has 30 heavy (non-hydrogen) atoms. The maximum Gasteiger partial charge on any atom is 0.252 e. The van der Waals surface area contributed by atoms with E-state index in [4.69, 9.17) is 4.74 Å². The number of carbonyl (C=O) groups excluding carboxylic acids is 1. The minimum atomic E-state index is -3.18. The summed E-state index contributed by atoms with van der Waals surface area (Å²) in [7, 11) is -1.61. The van der Waals surface area contributed by atoms with E-state index in [2.05, 4.69) is 4.99 Å². The number of thioether (sulfide) groups is 1. The smallest absolute Gasteiger partial charge is 0.252 e. The lowest BCUT2D eigenvalue weighted by Gasteiger charge is -2.24. The molecule has 2 aliphatic rings. The van der Waals surface area contributed by atoms with Crippen molar-refractivity contribution >= 4 is 38.4 Å². The van der Waals surface area contributed by atoms with Crippen LogP contribution in [0.15, 0.2) is 47.5 Å². The second-order valence-corrected chi connectivity index (χ2v) is 10.8. The number of sulfone groups is 1. The molecule has 2 atom stereocenters. The van der Waals surface area contributed by atoms with E-state index < -0.39 is 9.84 Å². The number of amidine groups is 1. The number of hydrogen-bond donors (Lipinski definition) is 0. The number of fused-ring (bicyclic) bond motifs is 1. The third-order valence-electron chi connectivity index (χ3n) is 5.23. The van der Waals surface area contributed by atoms with Crippen LogP contribution in [0.1, 0.15) is 11.1 Å². The number of aryl methyl sites for hydroxylation is 1. The molecule has 2 aromatic rings. The first-order valence-corrected chi connectivity index (χ1v) is 12.1. The summed E-state index contributed by atoms with van der Waals surface area (Å²) in [4.78, 5) is 18.6. The number of halogens is 1. The maximum atomic E-state index is 14.2. The minimum absolute atomic E-state index is 0.0267. The normalized spacial score (nSPS) is 23.6. The number of rotatable bonds is 4. The number of amides is 1. The second kappa shape index (κ2) is 8.03. The Morgan fingerprint density at radius 2 is 1.97 bits per heavy atom. The molecule has 0 radical (unpaired) electrons. The fourth-order valence-electron chi connectivity index (χ4n) is 3.66. The molecule has 4 rings (SSSR count). The zero-order valence-corrected chi connectivity index (χ0v) is 18.2. The molecule has 2 aliphatic heterocycles. The topological polar surface area (TPSA) is 76.0 Å². The fourth-order valence-corrected chi connectivity index (χ4v) is 7.59. The molecule has 0 saturated carbocycles. The van der Waals surface area contributed by atoms with Crippen LogP contribution in [0.25, 0.3) is 0 Å². The summed E-state index contributed by atoms with van der Waals surface area (Å²) in [5.74, 6) is -0.0377.